The summed E-state index contributed by atoms with van der Waals surface area (Å²) in [5.41, 5.74) is 9.87. The Bertz CT molecular complexity index is 1050. The Labute approximate surface area is 185 Å². The molecule has 5 rings (SSSR count). The summed E-state index contributed by atoms with van der Waals surface area (Å²) in [6.07, 6.45) is 2.04. The summed E-state index contributed by atoms with van der Waals surface area (Å²) in [5, 5.41) is 3.90. The molecule has 0 bridgehead atoms. The Morgan fingerprint density at radius 1 is 0.645 bits per heavy atom. The van der Waals surface area contributed by atoms with Gasteiger partial charge in [0.15, 0.2) is 5.78 Å². The molecule has 4 aromatic carbocycles. The number of hydrogen-bond donors (Lipinski definition) is 1. The van der Waals surface area contributed by atoms with E-state index in [-0.39, 0.29) is 5.78 Å². The van der Waals surface area contributed by atoms with Crippen molar-refractivity contribution in [2.75, 3.05) is 6.61 Å². The van der Waals surface area contributed by atoms with Crippen LogP contribution in [0.2, 0.25) is 0 Å². The molecule has 1 aliphatic heterocycles. The summed E-state index contributed by atoms with van der Waals surface area (Å²) < 4.78 is 6.00. The lowest BCUT2D eigenvalue weighted by Crippen LogP contribution is -2.38. The van der Waals surface area contributed by atoms with Crippen molar-refractivity contribution in [3.63, 3.8) is 0 Å². The molecule has 2 nitrogen and oxygen atoms in total. The molecule has 0 saturated carbocycles. The molecule has 3 heteroatoms. The predicted octanol–water partition coefficient (Wildman–Crippen LogP) is 4.96. The van der Waals surface area contributed by atoms with Crippen LogP contribution in [0.15, 0.2) is 109 Å². The van der Waals surface area contributed by atoms with Crippen molar-refractivity contribution >= 4 is 23.2 Å². The molecule has 0 aliphatic carbocycles. The Morgan fingerprint density at radius 2 is 1.16 bits per heavy atom. The lowest BCUT2D eigenvalue weighted by atomic mass is 10.00. The quantitative estimate of drug-likeness (QED) is 0.460. The highest BCUT2D eigenvalue weighted by atomic mass is 31.2. The minimum Gasteiger partial charge on any atom is -0.493 e. The van der Waals surface area contributed by atoms with Crippen molar-refractivity contribution in [3.05, 3.63) is 120 Å². The van der Waals surface area contributed by atoms with Crippen molar-refractivity contribution in [1.82, 2.24) is 0 Å². The number of fused-ring (bicyclic) bond motifs is 1. The van der Waals surface area contributed by atoms with E-state index in [1.807, 2.05) is 0 Å². The van der Waals surface area contributed by atoms with Crippen molar-refractivity contribution in [2.45, 2.75) is 18.6 Å². The maximum atomic E-state index is 7.39. The third kappa shape index (κ3) is 3.47. The molecule has 0 spiro atoms. The van der Waals surface area contributed by atoms with Gasteiger partial charge in [-0.15, -0.1) is 0 Å². The van der Waals surface area contributed by atoms with Gasteiger partial charge in [-0.3, -0.25) is 5.73 Å². The van der Waals surface area contributed by atoms with E-state index < -0.39 is 7.26 Å². The summed E-state index contributed by atoms with van der Waals surface area (Å²) in [7, 11) is -2.19. The maximum Gasteiger partial charge on any atom is 0.157 e. The van der Waals surface area contributed by atoms with Gasteiger partial charge in [0.05, 0.1) is 6.61 Å². The molecule has 31 heavy (non-hydrogen) atoms. The first-order valence-electron chi connectivity index (χ1n) is 10.9. The SMILES string of the molecule is NC(c1cccc2c1CCCO2)[P+](c1ccccc1)(c1ccccc1)c1ccccc1. The van der Waals surface area contributed by atoms with Gasteiger partial charge in [0.25, 0.3) is 0 Å². The molecule has 1 atom stereocenters. The van der Waals surface area contributed by atoms with Crippen LogP contribution in [-0.4, -0.2) is 6.61 Å². The van der Waals surface area contributed by atoms with Crippen LogP contribution in [0.4, 0.5) is 0 Å². The monoisotopic (exact) mass is 424 g/mol. The summed E-state index contributed by atoms with van der Waals surface area (Å²) in [4.78, 5) is 0. The predicted molar refractivity (Wildman–Crippen MR) is 132 cm³/mol. The zero-order valence-electron chi connectivity index (χ0n) is 17.5. The first-order chi connectivity index (χ1) is 15.3. The van der Waals surface area contributed by atoms with E-state index >= 15 is 0 Å². The summed E-state index contributed by atoms with van der Waals surface area (Å²) in [6.45, 7) is 0.780. The molecule has 4 aromatic rings. The van der Waals surface area contributed by atoms with E-state index in [1.54, 1.807) is 0 Å². The maximum absolute atomic E-state index is 7.39. The van der Waals surface area contributed by atoms with E-state index in [0.29, 0.717) is 0 Å². The molecule has 1 unspecified atom stereocenters. The Balaban J connectivity index is 1.83. The van der Waals surface area contributed by atoms with Crippen LogP contribution < -0.4 is 26.4 Å². The highest BCUT2D eigenvalue weighted by molar-refractivity contribution is 7.95. The molecular formula is C28H27NOP+. The van der Waals surface area contributed by atoms with Gasteiger partial charge in [0.2, 0.25) is 0 Å². The zero-order chi connectivity index (χ0) is 21.1. The van der Waals surface area contributed by atoms with Crippen LogP contribution in [0.25, 0.3) is 0 Å². The van der Waals surface area contributed by atoms with Gasteiger partial charge in [-0.05, 0) is 55.3 Å². The number of rotatable bonds is 5. The van der Waals surface area contributed by atoms with E-state index in [1.165, 1.54) is 27.0 Å². The van der Waals surface area contributed by atoms with Gasteiger partial charge >= 0.3 is 0 Å². The van der Waals surface area contributed by atoms with Crippen molar-refractivity contribution in [2.24, 2.45) is 5.73 Å². The fourth-order valence-corrected chi connectivity index (χ4v) is 9.27. The second-order valence-corrected chi connectivity index (χ2v) is 11.5. The average Bonchev–Trinajstić information content (AvgIpc) is 2.86. The minimum absolute atomic E-state index is 0.170. The van der Waals surface area contributed by atoms with Crippen molar-refractivity contribution in [1.29, 1.82) is 0 Å². The largest absolute Gasteiger partial charge is 0.493 e. The summed E-state index contributed by atoms with van der Waals surface area (Å²) >= 11 is 0. The Morgan fingerprint density at radius 3 is 1.68 bits per heavy atom. The molecule has 0 fully saturated rings. The topological polar surface area (TPSA) is 35.2 Å². The van der Waals surface area contributed by atoms with Gasteiger partial charge in [0.1, 0.15) is 28.9 Å². The zero-order valence-corrected chi connectivity index (χ0v) is 18.4. The molecule has 1 heterocycles. The van der Waals surface area contributed by atoms with Crippen LogP contribution in [0.1, 0.15) is 23.3 Å². The van der Waals surface area contributed by atoms with Gasteiger partial charge in [-0.2, -0.15) is 0 Å². The fraction of sp³-hybridized carbons (Fsp3) is 0.143. The van der Waals surface area contributed by atoms with Gasteiger partial charge < -0.3 is 4.74 Å². The van der Waals surface area contributed by atoms with Gasteiger partial charge in [-0.25, -0.2) is 0 Å². The van der Waals surface area contributed by atoms with Crippen molar-refractivity contribution < 1.29 is 4.74 Å². The van der Waals surface area contributed by atoms with E-state index in [4.69, 9.17) is 10.5 Å². The lowest BCUT2D eigenvalue weighted by molar-refractivity contribution is 0.287. The average molecular weight is 425 g/mol. The van der Waals surface area contributed by atoms with Crippen LogP contribution in [0.5, 0.6) is 5.75 Å². The van der Waals surface area contributed by atoms with Crippen molar-refractivity contribution in [3.8, 4) is 5.75 Å². The highest BCUT2D eigenvalue weighted by Gasteiger charge is 2.52. The van der Waals surface area contributed by atoms with E-state index in [2.05, 4.69) is 109 Å². The fourth-order valence-electron chi connectivity index (χ4n) is 4.82. The summed E-state index contributed by atoms with van der Waals surface area (Å²) in [5.74, 6) is 0.822. The van der Waals surface area contributed by atoms with Crippen LogP contribution in [-0.2, 0) is 6.42 Å². The van der Waals surface area contributed by atoms with E-state index in [0.717, 1.165) is 25.2 Å². The first kappa shape index (κ1) is 20.0. The van der Waals surface area contributed by atoms with Crippen LogP contribution in [0, 0.1) is 0 Å². The number of ether oxygens (including phenoxy) is 1. The molecule has 154 valence electrons. The number of benzene rings is 4. The molecule has 1 aliphatic rings. The molecule has 0 saturated heterocycles. The minimum atomic E-state index is -2.19. The first-order valence-corrected chi connectivity index (χ1v) is 12.7. The van der Waals surface area contributed by atoms with Gasteiger partial charge in [-0.1, -0.05) is 66.7 Å². The Kier molecular flexibility index (Phi) is 5.59. The Hall–Kier alpha value is -2.93. The smallest absolute Gasteiger partial charge is 0.157 e. The molecule has 2 N–H and O–H groups in total. The number of hydrogen-bond acceptors (Lipinski definition) is 2. The third-order valence-electron chi connectivity index (χ3n) is 6.22. The molecular weight excluding hydrogens is 397 g/mol. The standard InChI is InChI=1S/C28H27NOP/c29-28(26-18-10-20-27-25(26)19-11-21-30-27)31(22-12-4-1-5-13-22,23-14-6-2-7-15-23)24-16-8-3-9-17-24/h1-10,12-18,20,28H,11,19,21,29H2/q+1. The third-order valence-corrected chi connectivity index (χ3v) is 10.7. The number of nitrogens with two attached hydrogens (primary N) is 1. The summed E-state index contributed by atoms with van der Waals surface area (Å²) in [6, 6.07) is 38.9. The second-order valence-electron chi connectivity index (χ2n) is 7.95. The molecule has 0 amide bonds. The molecule has 0 aromatic heterocycles. The normalized spacial score (nSPS) is 14.4. The van der Waals surface area contributed by atoms with Crippen LogP contribution in [0.3, 0.4) is 0 Å². The van der Waals surface area contributed by atoms with E-state index in [9.17, 15) is 0 Å². The molecule has 0 radical (unpaired) electrons. The highest BCUT2D eigenvalue weighted by Crippen LogP contribution is 2.65. The lowest BCUT2D eigenvalue weighted by Gasteiger charge is -2.34. The van der Waals surface area contributed by atoms with Gasteiger partial charge in [0, 0.05) is 11.1 Å². The van der Waals surface area contributed by atoms with Crippen LogP contribution >= 0.6 is 7.26 Å². The second kappa shape index (κ2) is 8.67.